The predicted molar refractivity (Wildman–Crippen MR) is 102 cm³/mol. The minimum absolute atomic E-state index is 0.122. The molecule has 2 aromatic rings. The van der Waals surface area contributed by atoms with Crippen LogP contribution in [0, 0.1) is 0 Å². The monoisotopic (exact) mass is 376 g/mol. The van der Waals surface area contributed by atoms with Crippen LogP contribution in [0.1, 0.15) is 13.3 Å². The Morgan fingerprint density at radius 2 is 2.04 bits per heavy atom. The summed E-state index contributed by atoms with van der Waals surface area (Å²) in [7, 11) is 1.60. The number of ether oxygens (including phenoxy) is 1. The molecule has 2 N–H and O–H groups in total. The summed E-state index contributed by atoms with van der Waals surface area (Å²) < 4.78 is 6.95. The van der Waals surface area contributed by atoms with Crippen molar-refractivity contribution in [2.75, 3.05) is 26.0 Å². The molecule has 0 saturated heterocycles. The van der Waals surface area contributed by atoms with E-state index in [2.05, 4.69) is 20.2 Å². The van der Waals surface area contributed by atoms with Crippen LogP contribution < -0.4 is 10.6 Å². The van der Waals surface area contributed by atoms with Crippen molar-refractivity contribution >= 4 is 23.7 Å². The van der Waals surface area contributed by atoms with Crippen molar-refractivity contribution in [2.45, 2.75) is 25.0 Å². The van der Waals surface area contributed by atoms with Crippen molar-refractivity contribution in [1.29, 1.82) is 0 Å². The first-order chi connectivity index (χ1) is 12.7. The fraction of sp³-hybridized carbons (Fsp3) is 0.389. The second-order valence-corrected chi connectivity index (χ2v) is 6.42. The standard InChI is InChI=1S/C18H24N4O3S/c1-3-22-15(14-8-5-4-6-9-14)12-20-18(22)26-13-16(23)21-17(24)19-10-7-11-25-2/h4-6,8-9,12H,3,7,10-11,13H2,1-2H3,(H2,19,21,23,24). The number of nitrogens with one attached hydrogen (secondary N) is 2. The lowest BCUT2D eigenvalue weighted by atomic mass is 10.2. The Kier molecular flexibility index (Phi) is 8.17. The number of nitrogens with zero attached hydrogens (tertiary/aromatic N) is 2. The molecule has 1 heterocycles. The van der Waals surface area contributed by atoms with Gasteiger partial charge in [0.1, 0.15) is 0 Å². The predicted octanol–water partition coefficient (Wildman–Crippen LogP) is 2.52. The summed E-state index contributed by atoms with van der Waals surface area (Å²) in [6.45, 7) is 3.80. The molecule has 0 fully saturated rings. The quantitative estimate of drug-likeness (QED) is 0.519. The molecule has 140 valence electrons. The molecule has 0 unspecified atom stereocenters. The molecule has 0 aliphatic rings. The average Bonchev–Trinajstić information content (AvgIpc) is 3.07. The summed E-state index contributed by atoms with van der Waals surface area (Å²) in [5.41, 5.74) is 2.08. The number of imidazole rings is 1. The number of thioether (sulfide) groups is 1. The highest BCUT2D eigenvalue weighted by Crippen LogP contribution is 2.25. The number of hydrogen-bond donors (Lipinski definition) is 2. The van der Waals surface area contributed by atoms with E-state index >= 15 is 0 Å². The third kappa shape index (κ3) is 5.89. The first kappa shape index (κ1) is 20.0. The maximum Gasteiger partial charge on any atom is 0.321 e. The van der Waals surface area contributed by atoms with Crippen LogP contribution in [0.25, 0.3) is 11.3 Å². The molecule has 7 nitrogen and oxygen atoms in total. The van der Waals surface area contributed by atoms with E-state index in [-0.39, 0.29) is 11.7 Å². The Bertz CT molecular complexity index is 718. The van der Waals surface area contributed by atoms with Gasteiger partial charge in [-0.05, 0) is 18.9 Å². The van der Waals surface area contributed by atoms with Crippen LogP contribution in [0.3, 0.4) is 0 Å². The second-order valence-electron chi connectivity index (χ2n) is 5.48. The van der Waals surface area contributed by atoms with Gasteiger partial charge in [-0.15, -0.1) is 0 Å². The molecule has 0 aliphatic heterocycles. The summed E-state index contributed by atoms with van der Waals surface area (Å²) in [4.78, 5) is 28.0. The van der Waals surface area contributed by atoms with E-state index in [1.807, 2.05) is 43.5 Å². The van der Waals surface area contributed by atoms with Crippen molar-refractivity contribution in [3.63, 3.8) is 0 Å². The number of urea groups is 1. The Morgan fingerprint density at radius 1 is 1.27 bits per heavy atom. The van der Waals surface area contributed by atoms with Gasteiger partial charge < -0.3 is 14.6 Å². The lowest BCUT2D eigenvalue weighted by Crippen LogP contribution is -2.40. The summed E-state index contributed by atoms with van der Waals surface area (Å²) in [5, 5.41) is 5.68. The van der Waals surface area contributed by atoms with E-state index in [0.29, 0.717) is 19.6 Å². The molecular formula is C18H24N4O3S. The van der Waals surface area contributed by atoms with Crippen LogP contribution in [0.2, 0.25) is 0 Å². The summed E-state index contributed by atoms with van der Waals surface area (Å²) in [6, 6.07) is 9.49. The highest BCUT2D eigenvalue weighted by molar-refractivity contribution is 7.99. The number of rotatable bonds is 9. The molecule has 0 saturated carbocycles. The molecule has 1 aromatic carbocycles. The highest BCUT2D eigenvalue weighted by Gasteiger charge is 2.13. The molecule has 1 aromatic heterocycles. The number of methoxy groups -OCH3 is 1. The first-order valence-electron chi connectivity index (χ1n) is 8.46. The molecule has 8 heteroatoms. The van der Waals surface area contributed by atoms with Crippen LogP contribution in [-0.2, 0) is 16.1 Å². The Hall–Kier alpha value is -2.32. The Morgan fingerprint density at radius 3 is 2.73 bits per heavy atom. The van der Waals surface area contributed by atoms with Gasteiger partial charge in [0.05, 0.1) is 17.6 Å². The first-order valence-corrected chi connectivity index (χ1v) is 9.44. The summed E-state index contributed by atoms with van der Waals surface area (Å²) in [6.07, 6.45) is 2.50. The van der Waals surface area contributed by atoms with E-state index in [1.165, 1.54) is 11.8 Å². The molecule has 2 rings (SSSR count). The lowest BCUT2D eigenvalue weighted by molar-refractivity contribution is -0.117. The van der Waals surface area contributed by atoms with Gasteiger partial charge in [-0.2, -0.15) is 0 Å². The Labute approximate surface area is 157 Å². The molecule has 3 amide bonds. The normalized spacial score (nSPS) is 10.5. The summed E-state index contributed by atoms with van der Waals surface area (Å²) >= 11 is 1.31. The van der Waals surface area contributed by atoms with Gasteiger partial charge in [-0.25, -0.2) is 9.78 Å². The topological polar surface area (TPSA) is 85.2 Å². The number of hydrogen-bond acceptors (Lipinski definition) is 5. The zero-order chi connectivity index (χ0) is 18.8. The largest absolute Gasteiger partial charge is 0.385 e. The summed E-state index contributed by atoms with van der Waals surface area (Å²) in [5.74, 6) is -0.234. The van der Waals surface area contributed by atoms with Gasteiger partial charge >= 0.3 is 6.03 Å². The maximum absolute atomic E-state index is 11.9. The molecule has 26 heavy (non-hydrogen) atoms. The van der Waals surface area contributed by atoms with E-state index in [0.717, 1.165) is 23.0 Å². The molecular weight excluding hydrogens is 352 g/mol. The molecule has 0 bridgehead atoms. The third-order valence-corrected chi connectivity index (χ3v) is 4.59. The number of amides is 3. The van der Waals surface area contributed by atoms with Crippen molar-refractivity contribution in [1.82, 2.24) is 20.2 Å². The zero-order valence-corrected chi connectivity index (χ0v) is 15.8. The number of carbonyl (C=O) groups is 2. The van der Waals surface area contributed by atoms with Crippen molar-refractivity contribution in [3.8, 4) is 11.3 Å². The molecule has 0 aliphatic carbocycles. The van der Waals surface area contributed by atoms with Crippen molar-refractivity contribution < 1.29 is 14.3 Å². The van der Waals surface area contributed by atoms with Gasteiger partial charge in [0, 0.05) is 26.8 Å². The van der Waals surface area contributed by atoms with Crippen LogP contribution in [0.15, 0.2) is 41.7 Å². The van der Waals surface area contributed by atoms with Gasteiger partial charge in [0.25, 0.3) is 0 Å². The molecule has 0 atom stereocenters. The van der Waals surface area contributed by atoms with Crippen molar-refractivity contribution in [3.05, 3.63) is 36.5 Å². The number of benzene rings is 1. The van der Waals surface area contributed by atoms with E-state index in [4.69, 9.17) is 4.74 Å². The van der Waals surface area contributed by atoms with Gasteiger partial charge in [0.2, 0.25) is 5.91 Å². The zero-order valence-electron chi connectivity index (χ0n) is 15.0. The van der Waals surface area contributed by atoms with Gasteiger partial charge in [-0.3, -0.25) is 10.1 Å². The van der Waals surface area contributed by atoms with Crippen LogP contribution in [0.5, 0.6) is 0 Å². The van der Waals surface area contributed by atoms with Gasteiger partial charge in [0.15, 0.2) is 5.16 Å². The fourth-order valence-corrected chi connectivity index (χ4v) is 3.22. The Balaban J connectivity index is 1.86. The van der Waals surface area contributed by atoms with Crippen LogP contribution in [-0.4, -0.2) is 47.5 Å². The number of imide groups is 1. The van der Waals surface area contributed by atoms with Crippen LogP contribution >= 0.6 is 11.8 Å². The minimum atomic E-state index is -0.490. The van der Waals surface area contributed by atoms with Gasteiger partial charge in [-0.1, -0.05) is 42.1 Å². The number of aromatic nitrogens is 2. The second kappa shape index (κ2) is 10.6. The van der Waals surface area contributed by atoms with E-state index in [1.54, 1.807) is 7.11 Å². The third-order valence-electron chi connectivity index (χ3n) is 3.60. The number of carbonyl (C=O) groups excluding carboxylic acids is 2. The minimum Gasteiger partial charge on any atom is -0.385 e. The highest BCUT2D eigenvalue weighted by atomic mass is 32.2. The van der Waals surface area contributed by atoms with Crippen LogP contribution in [0.4, 0.5) is 4.79 Å². The molecule has 0 spiro atoms. The van der Waals surface area contributed by atoms with E-state index in [9.17, 15) is 9.59 Å². The SMILES string of the molecule is CCn1c(-c2ccccc2)cnc1SCC(=O)NC(=O)NCCCOC. The average molecular weight is 376 g/mol. The van der Waals surface area contributed by atoms with E-state index < -0.39 is 6.03 Å². The van der Waals surface area contributed by atoms with Crippen molar-refractivity contribution in [2.24, 2.45) is 0 Å². The fourth-order valence-electron chi connectivity index (χ4n) is 2.37. The smallest absolute Gasteiger partial charge is 0.321 e. The lowest BCUT2D eigenvalue weighted by Gasteiger charge is -2.09. The molecule has 0 radical (unpaired) electrons. The maximum atomic E-state index is 11.9.